The number of thioether (sulfide) groups is 1. The summed E-state index contributed by atoms with van der Waals surface area (Å²) in [6, 6.07) is 10.4. The van der Waals surface area contributed by atoms with Gasteiger partial charge in [0.1, 0.15) is 0 Å². The minimum absolute atomic E-state index is 0.215. The minimum atomic E-state index is -0.791. The van der Waals surface area contributed by atoms with Crippen molar-refractivity contribution in [3.05, 3.63) is 30.3 Å². The number of carbonyl (C=O) groups excluding carboxylic acids is 1. The summed E-state index contributed by atoms with van der Waals surface area (Å²) in [4.78, 5) is 15.0. The molecule has 2 unspecified atom stereocenters. The molecule has 0 bridgehead atoms. The first-order valence-corrected chi connectivity index (χ1v) is 8.37. The fourth-order valence-corrected chi connectivity index (χ4v) is 4.28. The summed E-state index contributed by atoms with van der Waals surface area (Å²) in [5.41, 5.74) is 12.0. The minimum Gasteiger partial charge on any atom is -0.368 e. The van der Waals surface area contributed by atoms with Gasteiger partial charge >= 0.3 is 0 Å². The SMILES string of the molecule is NC(=O)C1(N)CCCC1CCSc1cc2ccccc2[nH]1. The van der Waals surface area contributed by atoms with Crippen LogP contribution in [0.25, 0.3) is 10.9 Å². The molecule has 2 aromatic rings. The molecule has 0 radical (unpaired) electrons. The summed E-state index contributed by atoms with van der Waals surface area (Å²) in [5, 5.41) is 2.39. The lowest BCUT2D eigenvalue weighted by Gasteiger charge is -2.27. The zero-order valence-electron chi connectivity index (χ0n) is 12.0. The van der Waals surface area contributed by atoms with Crippen LogP contribution in [-0.2, 0) is 4.79 Å². The summed E-state index contributed by atoms with van der Waals surface area (Å²) < 4.78 is 0. The second-order valence-electron chi connectivity index (χ2n) is 5.85. The van der Waals surface area contributed by atoms with Gasteiger partial charge in [-0.05, 0) is 43.1 Å². The van der Waals surface area contributed by atoms with Gasteiger partial charge in [0, 0.05) is 10.9 Å². The molecule has 0 saturated heterocycles. The lowest BCUT2D eigenvalue weighted by molar-refractivity contribution is -0.124. The number of aromatic amines is 1. The molecular formula is C16H21N3OS. The number of amides is 1. The van der Waals surface area contributed by atoms with Crippen molar-refractivity contribution in [2.75, 3.05) is 5.75 Å². The van der Waals surface area contributed by atoms with E-state index in [0.717, 1.165) is 42.0 Å². The Labute approximate surface area is 128 Å². The van der Waals surface area contributed by atoms with Crippen molar-refractivity contribution >= 4 is 28.6 Å². The number of benzene rings is 1. The van der Waals surface area contributed by atoms with Crippen molar-refractivity contribution in [3.8, 4) is 0 Å². The number of nitrogens with one attached hydrogen (secondary N) is 1. The average molecular weight is 303 g/mol. The molecule has 2 atom stereocenters. The highest BCUT2D eigenvalue weighted by molar-refractivity contribution is 7.99. The van der Waals surface area contributed by atoms with Crippen LogP contribution in [0.15, 0.2) is 35.4 Å². The summed E-state index contributed by atoms with van der Waals surface area (Å²) in [5.74, 6) is 0.816. The number of H-pyrrole nitrogens is 1. The van der Waals surface area contributed by atoms with Crippen LogP contribution in [0.1, 0.15) is 25.7 Å². The van der Waals surface area contributed by atoms with Crippen LogP contribution in [0.3, 0.4) is 0 Å². The lowest BCUT2D eigenvalue weighted by atomic mass is 9.85. The van der Waals surface area contributed by atoms with E-state index in [9.17, 15) is 4.79 Å². The van der Waals surface area contributed by atoms with Crippen LogP contribution in [-0.4, -0.2) is 22.2 Å². The molecule has 1 aliphatic carbocycles. The highest BCUT2D eigenvalue weighted by Gasteiger charge is 2.43. The zero-order valence-corrected chi connectivity index (χ0v) is 12.8. The van der Waals surface area contributed by atoms with Gasteiger partial charge in [-0.3, -0.25) is 4.79 Å². The molecule has 1 fully saturated rings. The van der Waals surface area contributed by atoms with Crippen LogP contribution < -0.4 is 11.5 Å². The molecule has 21 heavy (non-hydrogen) atoms. The standard InChI is InChI=1S/C16H21N3OS/c17-15(20)16(18)8-3-5-12(16)7-9-21-14-10-11-4-1-2-6-13(11)19-14/h1-2,4,6,10,12,19H,3,5,7-9,18H2,(H2,17,20). The van der Waals surface area contributed by atoms with Crippen LogP contribution in [0, 0.1) is 5.92 Å². The predicted molar refractivity (Wildman–Crippen MR) is 87.1 cm³/mol. The Morgan fingerprint density at radius 3 is 3.00 bits per heavy atom. The van der Waals surface area contributed by atoms with E-state index in [1.165, 1.54) is 5.39 Å². The Morgan fingerprint density at radius 1 is 1.43 bits per heavy atom. The predicted octanol–water partition coefficient (Wildman–Crippen LogP) is 2.63. The number of aromatic nitrogens is 1. The van der Waals surface area contributed by atoms with E-state index >= 15 is 0 Å². The third-order valence-electron chi connectivity index (χ3n) is 4.56. The fourth-order valence-electron chi connectivity index (χ4n) is 3.26. The Morgan fingerprint density at radius 2 is 2.24 bits per heavy atom. The first kappa shape index (κ1) is 14.5. The van der Waals surface area contributed by atoms with E-state index < -0.39 is 5.54 Å². The van der Waals surface area contributed by atoms with Gasteiger partial charge in [-0.2, -0.15) is 0 Å². The van der Waals surface area contributed by atoms with Gasteiger partial charge < -0.3 is 16.5 Å². The van der Waals surface area contributed by atoms with Gasteiger partial charge in [0.15, 0.2) is 0 Å². The molecule has 4 nitrogen and oxygen atoms in total. The smallest absolute Gasteiger partial charge is 0.237 e. The first-order valence-electron chi connectivity index (χ1n) is 7.39. The number of para-hydroxylation sites is 1. The maximum atomic E-state index is 11.6. The van der Waals surface area contributed by atoms with Gasteiger partial charge in [-0.15, -0.1) is 11.8 Å². The molecule has 1 saturated carbocycles. The Kier molecular flexibility index (Phi) is 3.95. The number of carbonyl (C=O) groups is 1. The molecule has 5 heteroatoms. The van der Waals surface area contributed by atoms with Crippen molar-refractivity contribution in [1.29, 1.82) is 0 Å². The van der Waals surface area contributed by atoms with E-state index in [1.54, 1.807) is 11.8 Å². The maximum Gasteiger partial charge on any atom is 0.237 e. The molecule has 112 valence electrons. The lowest BCUT2D eigenvalue weighted by Crippen LogP contribution is -2.54. The van der Waals surface area contributed by atoms with Crippen LogP contribution in [0.4, 0.5) is 0 Å². The van der Waals surface area contributed by atoms with Gasteiger partial charge in [-0.25, -0.2) is 0 Å². The van der Waals surface area contributed by atoms with Crippen LogP contribution in [0.5, 0.6) is 0 Å². The molecule has 1 aromatic carbocycles. The van der Waals surface area contributed by atoms with E-state index in [-0.39, 0.29) is 11.8 Å². The maximum absolute atomic E-state index is 11.6. The highest BCUT2D eigenvalue weighted by Crippen LogP contribution is 2.37. The monoisotopic (exact) mass is 303 g/mol. The Balaban J connectivity index is 1.59. The van der Waals surface area contributed by atoms with Crippen molar-refractivity contribution < 1.29 is 4.79 Å². The normalized spacial score (nSPS) is 25.5. The van der Waals surface area contributed by atoms with Crippen molar-refractivity contribution in [1.82, 2.24) is 4.98 Å². The van der Waals surface area contributed by atoms with E-state index in [4.69, 9.17) is 11.5 Å². The molecule has 0 spiro atoms. The summed E-state index contributed by atoms with van der Waals surface area (Å²) in [7, 11) is 0. The fraction of sp³-hybridized carbons (Fsp3) is 0.438. The molecule has 1 aromatic heterocycles. The van der Waals surface area contributed by atoms with E-state index in [0.29, 0.717) is 0 Å². The number of fused-ring (bicyclic) bond motifs is 1. The van der Waals surface area contributed by atoms with Gasteiger partial charge in [0.2, 0.25) is 5.91 Å². The second-order valence-corrected chi connectivity index (χ2v) is 6.99. The van der Waals surface area contributed by atoms with Crippen molar-refractivity contribution in [2.45, 2.75) is 36.2 Å². The topological polar surface area (TPSA) is 84.9 Å². The summed E-state index contributed by atoms with van der Waals surface area (Å²) in [6.07, 6.45) is 3.66. The Hall–Kier alpha value is -1.46. The number of nitrogens with two attached hydrogens (primary N) is 2. The quantitative estimate of drug-likeness (QED) is 0.742. The van der Waals surface area contributed by atoms with Crippen LogP contribution in [0.2, 0.25) is 0 Å². The van der Waals surface area contributed by atoms with Gasteiger partial charge in [0.05, 0.1) is 10.6 Å². The molecule has 3 rings (SSSR count). The third-order valence-corrected chi connectivity index (χ3v) is 5.53. The molecule has 1 heterocycles. The molecule has 1 aliphatic rings. The zero-order chi connectivity index (χ0) is 14.9. The first-order chi connectivity index (χ1) is 10.1. The summed E-state index contributed by atoms with van der Waals surface area (Å²) >= 11 is 1.78. The molecular weight excluding hydrogens is 282 g/mol. The van der Waals surface area contributed by atoms with Crippen LogP contribution >= 0.6 is 11.8 Å². The molecule has 5 N–H and O–H groups in total. The molecule has 0 aliphatic heterocycles. The number of rotatable bonds is 5. The second kappa shape index (κ2) is 5.73. The van der Waals surface area contributed by atoms with Gasteiger partial charge in [0.25, 0.3) is 0 Å². The van der Waals surface area contributed by atoms with E-state index in [2.05, 4.69) is 23.2 Å². The third kappa shape index (κ3) is 2.80. The summed E-state index contributed by atoms with van der Waals surface area (Å²) in [6.45, 7) is 0. The van der Waals surface area contributed by atoms with Crippen molar-refractivity contribution in [3.63, 3.8) is 0 Å². The number of primary amides is 1. The highest BCUT2D eigenvalue weighted by atomic mass is 32.2. The number of hydrogen-bond donors (Lipinski definition) is 3. The molecule has 1 amide bonds. The largest absolute Gasteiger partial charge is 0.368 e. The Bertz CT molecular complexity index is 621. The average Bonchev–Trinajstić information content (AvgIpc) is 3.03. The van der Waals surface area contributed by atoms with Crippen molar-refractivity contribution in [2.24, 2.45) is 17.4 Å². The van der Waals surface area contributed by atoms with E-state index in [1.807, 2.05) is 12.1 Å². The van der Waals surface area contributed by atoms with Gasteiger partial charge in [-0.1, -0.05) is 24.6 Å². The number of hydrogen-bond acceptors (Lipinski definition) is 3.